The third-order valence-electron chi connectivity index (χ3n) is 1.94. The lowest BCUT2D eigenvalue weighted by Gasteiger charge is -1.95. The summed E-state index contributed by atoms with van der Waals surface area (Å²) in [5.41, 5.74) is 1.51. The molecule has 76 valence electrons. The van der Waals surface area contributed by atoms with Crippen LogP contribution in [0.15, 0.2) is 41.3 Å². The first kappa shape index (κ1) is 9.45. The standard InChI is InChI=1S/C11H10N2O2/c1-2-10(14)12-7-11-13-8-5-3-4-6-9(8)15-11/h2-6H,1,7H2,(H,12,14). The van der Waals surface area contributed by atoms with Gasteiger partial charge in [0, 0.05) is 0 Å². The zero-order valence-corrected chi connectivity index (χ0v) is 8.06. The molecule has 0 fully saturated rings. The minimum absolute atomic E-state index is 0.239. The van der Waals surface area contributed by atoms with Gasteiger partial charge >= 0.3 is 0 Å². The molecular formula is C11H10N2O2. The Morgan fingerprint density at radius 1 is 1.53 bits per heavy atom. The maximum absolute atomic E-state index is 10.9. The zero-order chi connectivity index (χ0) is 10.7. The van der Waals surface area contributed by atoms with Crippen molar-refractivity contribution >= 4 is 17.0 Å². The first-order chi connectivity index (χ1) is 7.29. The van der Waals surface area contributed by atoms with Crippen LogP contribution in [0, 0.1) is 0 Å². The van der Waals surface area contributed by atoms with Gasteiger partial charge in [0.2, 0.25) is 11.8 Å². The Hall–Kier alpha value is -2.10. The van der Waals surface area contributed by atoms with E-state index < -0.39 is 0 Å². The number of carbonyl (C=O) groups excluding carboxylic acids is 1. The van der Waals surface area contributed by atoms with Gasteiger partial charge in [0.1, 0.15) is 5.52 Å². The maximum Gasteiger partial charge on any atom is 0.243 e. The number of aromatic nitrogens is 1. The van der Waals surface area contributed by atoms with Crippen molar-refractivity contribution in [3.8, 4) is 0 Å². The lowest BCUT2D eigenvalue weighted by atomic mass is 10.3. The van der Waals surface area contributed by atoms with Crippen LogP contribution in [-0.2, 0) is 11.3 Å². The monoisotopic (exact) mass is 202 g/mol. The van der Waals surface area contributed by atoms with Crippen molar-refractivity contribution in [1.82, 2.24) is 10.3 Å². The smallest absolute Gasteiger partial charge is 0.243 e. The van der Waals surface area contributed by atoms with Crippen LogP contribution in [0.4, 0.5) is 0 Å². The summed E-state index contributed by atoms with van der Waals surface area (Å²) in [6.07, 6.45) is 1.21. The molecule has 0 radical (unpaired) electrons. The molecule has 4 heteroatoms. The van der Waals surface area contributed by atoms with Crippen molar-refractivity contribution < 1.29 is 9.21 Å². The van der Waals surface area contributed by atoms with E-state index >= 15 is 0 Å². The molecule has 1 heterocycles. The summed E-state index contributed by atoms with van der Waals surface area (Å²) in [5, 5.41) is 2.60. The lowest BCUT2D eigenvalue weighted by molar-refractivity contribution is -0.116. The van der Waals surface area contributed by atoms with E-state index in [4.69, 9.17) is 4.42 Å². The normalized spacial score (nSPS) is 10.1. The Kier molecular flexibility index (Phi) is 2.49. The number of hydrogen-bond donors (Lipinski definition) is 1. The van der Waals surface area contributed by atoms with E-state index in [0.717, 1.165) is 11.1 Å². The Morgan fingerprint density at radius 2 is 2.33 bits per heavy atom. The van der Waals surface area contributed by atoms with Gasteiger partial charge in [-0.2, -0.15) is 0 Å². The summed E-state index contributed by atoms with van der Waals surface area (Å²) in [5.74, 6) is 0.253. The number of benzene rings is 1. The first-order valence-electron chi connectivity index (χ1n) is 4.54. The molecule has 0 saturated carbocycles. The van der Waals surface area contributed by atoms with Gasteiger partial charge in [-0.05, 0) is 18.2 Å². The van der Waals surface area contributed by atoms with Crippen LogP contribution >= 0.6 is 0 Å². The van der Waals surface area contributed by atoms with Crippen LogP contribution in [0.3, 0.4) is 0 Å². The molecule has 0 aliphatic rings. The highest BCUT2D eigenvalue weighted by molar-refractivity contribution is 5.86. The summed E-state index contributed by atoms with van der Waals surface area (Å²) in [7, 11) is 0. The summed E-state index contributed by atoms with van der Waals surface area (Å²) in [6, 6.07) is 7.45. The number of carbonyl (C=O) groups is 1. The summed E-state index contributed by atoms with van der Waals surface area (Å²) in [6.45, 7) is 3.63. The van der Waals surface area contributed by atoms with E-state index in [-0.39, 0.29) is 12.5 Å². The van der Waals surface area contributed by atoms with Gasteiger partial charge in [-0.15, -0.1) is 0 Å². The second-order valence-corrected chi connectivity index (χ2v) is 3.00. The maximum atomic E-state index is 10.9. The van der Waals surface area contributed by atoms with Gasteiger partial charge in [0.15, 0.2) is 5.58 Å². The minimum Gasteiger partial charge on any atom is -0.439 e. The SMILES string of the molecule is C=CC(=O)NCc1nc2ccccc2o1. The summed E-state index contributed by atoms with van der Waals surface area (Å²) in [4.78, 5) is 15.1. The Morgan fingerprint density at radius 3 is 3.07 bits per heavy atom. The fraction of sp³-hybridized carbons (Fsp3) is 0.0909. The number of rotatable bonds is 3. The van der Waals surface area contributed by atoms with E-state index in [9.17, 15) is 4.79 Å². The van der Waals surface area contributed by atoms with E-state index in [0.29, 0.717) is 5.89 Å². The molecule has 1 aromatic heterocycles. The third kappa shape index (κ3) is 2.04. The molecule has 0 atom stereocenters. The van der Waals surface area contributed by atoms with E-state index in [1.165, 1.54) is 6.08 Å². The largest absolute Gasteiger partial charge is 0.439 e. The first-order valence-corrected chi connectivity index (χ1v) is 4.54. The number of nitrogens with one attached hydrogen (secondary N) is 1. The Labute approximate surface area is 86.6 Å². The predicted molar refractivity (Wildman–Crippen MR) is 56.1 cm³/mol. The number of amides is 1. The van der Waals surface area contributed by atoms with Gasteiger partial charge in [0.05, 0.1) is 6.54 Å². The molecule has 0 aliphatic heterocycles. The molecule has 0 saturated heterocycles. The second-order valence-electron chi connectivity index (χ2n) is 3.00. The zero-order valence-electron chi connectivity index (χ0n) is 8.06. The van der Waals surface area contributed by atoms with Gasteiger partial charge < -0.3 is 9.73 Å². The van der Waals surface area contributed by atoms with Crippen LogP contribution in [0.2, 0.25) is 0 Å². The molecule has 0 unspecified atom stereocenters. The van der Waals surface area contributed by atoms with Gasteiger partial charge in [-0.25, -0.2) is 4.98 Å². The van der Waals surface area contributed by atoms with E-state index in [1.807, 2.05) is 24.3 Å². The third-order valence-corrected chi connectivity index (χ3v) is 1.94. The van der Waals surface area contributed by atoms with Gasteiger partial charge in [-0.1, -0.05) is 18.7 Å². The highest BCUT2D eigenvalue weighted by Gasteiger charge is 2.04. The highest BCUT2D eigenvalue weighted by atomic mass is 16.3. The van der Waals surface area contributed by atoms with Crippen molar-refractivity contribution in [3.63, 3.8) is 0 Å². The molecule has 2 aromatic rings. The fourth-order valence-corrected chi connectivity index (χ4v) is 1.23. The molecule has 1 aromatic carbocycles. The average molecular weight is 202 g/mol. The molecule has 2 rings (SSSR count). The van der Waals surface area contributed by atoms with Crippen molar-refractivity contribution in [3.05, 3.63) is 42.8 Å². The molecule has 1 N–H and O–H groups in total. The Balaban J connectivity index is 2.15. The number of fused-ring (bicyclic) bond motifs is 1. The van der Waals surface area contributed by atoms with Crippen LogP contribution in [0.5, 0.6) is 0 Å². The molecule has 15 heavy (non-hydrogen) atoms. The second kappa shape index (κ2) is 3.96. The fourth-order valence-electron chi connectivity index (χ4n) is 1.23. The van der Waals surface area contributed by atoms with Crippen molar-refractivity contribution in [2.75, 3.05) is 0 Å². The molecule has 0 bridgehead atoms. The van der Waals surface area contributed by atoms with Crippen molar-refractivity contribution in [2.24, 2.45) is 0 Å². The van der Waals surface area contributed by atoms with Gasteiger partial charge in [-0.3, -0.25) is 4.79 Å². The van der Waals surface area contributed by atoms with Crippen molar-refractivity contribution in [2.45, 2.75) is 6.54 Å². The predicted octanol–water partition coefficient (Wildman–Crippen LogP) is 1.63. The molecule has 0 spiro atoms. The Bertz CT molecular complexity index is 469. The average Bonchev–Trinajstić information content (AvgIpc) is 2.68. The van der Waals surface area contributed by atoms with Crippen LogP contribution in [0.1, 0.15) is 5.89 Å². The van der Waals surface area contributed by atoms with Crippen LogP contribution in [-0.4, -0.2) is 10.9 Å². The van der Waals surface area contributed by atoms with Crippen LogP contribution < -0.4 is 5.32 Å². The quantitative estimate of drug-likeness (QED) is 0.769. The van der Waals surface area contributed by atoms with E-state index in [1.54, 1.807) is 0 Å². The van der Waals surface area contributed by atoms with Gasteiger partial charge in [0.25, 0.3) is 0 Å². The number of hydrogen-bond acceptors (Lipinski definition) is 3. The molecular weight excluding hydrogens is 192 g/mol. The minimum atomic E-state index is -0.239. The molecule has 4 nitrogen and oxygen atoms in total. The number of oxazole rings is 1. The van der Waals surface area contributed by atoms with Crippen molar-refractivity contribution in [1.29, 1.82) is 0 Å². The number of nitrogens with zero attached hydrogens (tertiary/aromatic N) is 1. The summed E-state index contributed by atoms with van der Waals surface area (Å²) < 4.78 is 5.40. The topological polar surface area (TPSA) is 55.1 Å². The highest BCUT2D eigenvalue weighted by Crippen LogP contribution is 2.14. The van der Waals surface area contributed by atoms with Crippen LogP contribution in [0.25, 0.3) is 11.1 Å². The molecule has 1 amide bonds. The summed E-state index contributed by atoms with van der Waals surface area (Å²) >= 11 is 0. The molecule has 0 aliphatic carbocycles. The van der Waals surface area contributed by atoms with E-state index in [2.05, 4.69) is 16.9 Å². The number of para-hydroxylation sites is 2. The lowest BCUT2D eigenvalue weighted by Crippen LogP contribution is -2.19.